The molecule has 0 aromatic heterocycles. The summed E-state index contributed by atoms with van der Waals surface area (Å²) < 4.78 is 32.7. The molecular weight excluding hydrogens is 274 g/mol. The van der Waals surface area contributed by atoms with Crippen molar-refractivity contribution in [3.05, 3.63) is 64.7 Å². The number of aryl methyl sites for hydroxylation is 1. The summed E-state index contributed by atoms with van der Waals surface area (Å²) in [6.45, 7) is 0.487. The molecule has 0 saturated heterocycles. The summed E-state index contributed by atoms with van der Waals surface area (Å²) in [5.74, 6) is -1.17. The highest BCUT2D eigenvalue weighted by Crippen LogP contribution is 2.29. The Bertz CT molecular complexity index is 695. The monoisotopic (exact) mass is 288 g/mol. The first-order valence-corrected chi connectivity index (χ1v) is 6.90. The van der Waals surface area contributed by atoms with Gasteiger partial charge in [-0.2, -0.15) is 0 Å². The molecule has 0 fully saturated rings. The van der Waals surface area contributed by atoms with Gasteiger partial charge in [0.1, 0.15) is 5.82 Å². The molecule has 21 heavy (non-hydrogen) atoms. The van der Waals surface area contributed by atoms with E-state index in [0.29, 0.717) is 18.6 Å². The summed E-state index contributed by atoms with van der Waals surface area (Å²) in [5, 5.41) is 0. The number of carbonyl (C=O) groups is 1. The van der Waals surface area contributed by atoms with Crippen molar-refractivity contribution in [2.75, 3.05) is 6.61 Å². The van der Waals surface area contributed by atoms with Crippen LogP contribution in [0.3, 0.4) is 0 Å². The fourth-order valence-corrected chi connectivity index (χ4v) is 2.52. The summed E-state index contributed by atoms with van der Waals surface area (Å²) in [6.07, 6.45) is 2.43. The van der Waals surface area contributed by atoms with Crippen LogP contribution in [0.4, 0.5) is 8.78 Å². The topological polar surface area (TPSA) is 26.3 Å². The van der Waals surface area contributed by atoms with E-state index in [-0.39, 0.29) is 22.7 Å². The molecule has 0 radical (unpaired) electrons. The number of hydrogen-bond acceptors (Lipinski definition) is 2. The third-order valence-electron chi connectivity index (χ3n) is 3.56. The molecule has 0 spiro atoms. The second-order valence-corrected chi connectivity index (χ2v) is 5.09. The first kappa shape index (κ1) is 13.7. The summed E-state index contributed by atoms with van der Waals surface area (Å²) in [4.78, 5) is 12.3. The molecule has 4 heteroatoms. The molecule has 0 N–H and O–H groups in total. The highest BCUT2D eigenvalue weighted by atomic mass is 19.1. The first-order valence-electron chi connectivity index (χ1n) is 6.90. The molecule has 1 aliphatic rings. The smallest absolute Gasteiger partial charge is 0.193 e. The standard InChI is InChI=1S/C17H14F2O2/c18-14-6-3-5-11(9-14)16(20)13-8-12-4-1-2-7-21-17(12)15(19)10-13/h3,5-6,8-10H,1-2,4,7H2. The quantitative estimate of drug-likeness (QED) is 0.783. The van der Waals surface area contributed by atoms with Crippen molar-refractivity contribution >= 4 is 5.78 Å². The maximum absolute atomic E-state index is 14.1. The van der Waals surface area contributed by atoms with Crippen LogP contribution in [0.1, 0.15) is 34.3 Å². The van der Waals surface area contributed by atoms with Gasteiger partial charge in [-0.3, -0.25) is 4.79 Å². The van der Waals surface area contributed by atoms with Gasteiger partial charge in [-0.25, -0.2) is 8.78 Å². The molecule has 108 valence electrons. The van der Waals surface area contributed by atoms with Gasteiger partial charge < -0.3 is 4.74 Å². The van der Waals surface area contributed by atoms with E-state index in [1.165, 1.54) is 18.2 Å². The molecular formula is C17H14F2O2. The van der Waals surface area contributed by atoms with Crippen LogP contribution in [0.5, 0.6) is 5.75 Å². The van der Waals surface area contributed by atoms with Gasteiger partial charge in [0.15, 0.2) is 17.3 Å². The Balaban J connectivity index is 2.01. The van der Waals surface area contributed by atoms with Crippen molar-refractivity contribution in [1.82, 2.24) is 0 Å². The number of ether oxygens (including phenoxy) is 1. The summed E-state index contributed by atoms with van der Waals surface area (Å²) in [6, 6.07) is 8.22. The van der Waals surface area contributed by atoms with E-state index in [0.717, 1.165) is 25.0 Å². The highest BCUT2D eigenvalue weighted by Gasteiger charge is 2.19. The lowest BCUT2D eigenvalue weighted by atomic mass is 9.98. The maximum atomic E-state index is 14.1. The van der Waals surface area contributed by atoms with Gasteiger partial charge in [-0.1, -0.05) is 12.1 Å². The molecule has 0 amide bonds. The van der Waals surface area contributed by atoms with E-state index in [1.807, 2.05) is 0 Å². The van der Waals surface area contributed by atoms with Gasteiger partial charge >= 0.3 is 0 Å². The Morgan fingerprint density at radius 2 is 1.90 bits per heavy atom. The molecule has 0 aliphatic carbocycles. The zero-order chi connectivity index (χ0) is 14.8. The molecule has 0 atom stereocenters. The van der Waals surface area contributed by atoms with Crippen LogP contribution in [-0.2, 0) is 6.42 Å². The average Bonchev–Trinajstić information content (AvgIpc) is 2.72. The number of rotatable bonds is 2. The van der Waals surface area contributed by atoms with Crippen LogP contribution in [0.2, 0.25) is 0 Å². The molecule has 3 rings (SSSR count). The first-order chi connectivity index (χ1) is 10.1. The molecule has 0 bridgehead atoms. The Kier molecular flexibility index (Phi) is 3.69. The van der Waals surface area contributed by atoms with Gasteiger partial charge in [0.05, 0.1) is 6.61 Å². The van der Waals surface area contributed by atoms with Crippen LogP contribution < -0.4 is 4.74 Å². The van der Waals surface area contributed by atoms with Crippen molar-refractivity contribution in [3.8, 4) is 5.75 Å². The lowest BCUT2D eigenvalue weighted by Crippen LogP contribution is -2.05. The number of fused-ring (bicyclic) bond motifs is 1. The third kappa shape index (κ3) is 2.79. The second-order valence-electron chi connectivity index (χ2n) is 5.09. The van der Waals surface area contributed by atoms with Crippen molar-refractivity contribution in [3.63, 3.8) is 0 Å². The number of benzene rings is 2. The average molecular weight is 288 g/mol. The lowest BCUT2D eigenvalue weighted by molar-refractivity contribution is 0.103. The summed E-state index contributed by atoms with van der Waals surface area (Å²) >= 11 is 0. The number of carbonyl (C=O) groups excluding carboxylic acids is 1. The molecule has 2 nitrogen and oxygen atoms in total. The predicted octanol–water partition coefficient (Wildman–Crippen LogP) is 3.91. The second kappa shape index (κ2) is 5.64. The molecule has 2 aromatic rings. The van der Waals surface area contributed by atoms with Gasteiger partial charge in [0.2, 0.25) is 0 Å². The van der Waals surface area contributed by atoms with E-state index in [1.54, 1.807) is 6.07 Å². The van der Waals surface area contributed by atoms with Crippen LogP contribution in [0, 0.1) is 11.6 Å². The summed E-state index contributed by atoms with van der Waals surface area (Å²) in [7, 11) is 0. The van der Waals surface area contributed by atoms with Crippen LogP contribution >= 0.6 is 0 Å². The number of ketones is 1. The number of hydrogen-bond donors (Lipinski definition) is 0. The number of halogens is 2. The normalized spacial score (nSPS) is 14.0. The Hall–Kier alpha value is -2.23. The van der Waals surface area contributed by atoms with Crippen LogP contribution in [0.25, 0.3) is 0 Å². The Morgan fingerprint density at radius 3 is 2.71 bits per heavy atom. The minimum absolute atomic E-state index is 0.212. The van der Waals surface area contributed by atoms with E-state index >= 15 is 0 Å². The Labute approximate surface area is 121 Å². The largest absolute Gasteiger partial charge is 0.490 e. The van der Waals surface area contributed by atoms with Gasteiger partial charge in [0, 0.05) is 11.1 Å². The van der Waals surface area contributed by atoms with Gasteiger partial charge in [0.25, 0.3) is 0 Å². The fraction of sp³-hybridized carbons (Fsp3) is 0.235. The zero-order valence-electron chi connectivity index (χ0n) is 11.4. The SMILES string of the molecule is O=C(c1cccc(F)c1)c1cc(F)c2c(c1)CCCCO2. The van der Waals surface area contributed by atoms with Crippen molar-refractivity contribution in [2.24, 2.45) is 0 Å². The third-order valence-corrected chi connectivity index (χ3v) is 3.56. The molecule has 1 aliphatic heterocycles. The van der Waals surface area contributed by atoms with Crippen LogP contribution in [0.15, 0.2) is 36.4 Å². The fourth-order valence-electron chi connectivity index (χ4n) is 2.52. The van der Waals surface area contributed by atoms with E-state index in [4.69, 9.17) is 4.74 Å². The van der Waals surface area contributed by atoms with Gasteiger partial charge in [-0.15, -0.1) is 0 Å². The molecule has 0 unspecified atom stereocenters. The van der Waals surface area contributed by atoms with Crippen molar-refractivity contribution in [2.45, 2.75) is 19.3 Å². The zero-order valence-corrected chi connectivity index (χ0v) is 11.4. The predicted molar refractivity (Wildman–Crippen MR) is 74.7 cm³/mol. The minimum Gasteiger partial charge on any atom is -0.490 e. The van der Waals surface area contributed by atoms with Crippen LogP contribution in [-0.4, -0.2) is 12.4 Å². The highest BCUT2D eigenvalue weighted by molar-refractivity contribution is 6.09. The summed E-state index contributed by atoms with van der Waals surface area (Å²) in [5.41, 5.74) is 1.14. The van der Waals surface area contributed by atoms with Crippen molar-refractivity contribution < 1.29 is 18.3 Å². The molecule has 1 heterocycles. The van der Waals surface area contributed by atoms with E-state index < -0.39 is 11.6 Å². The van der Waals surface area contributed by atoms with E-state index in [9.17, 15) is 13.6 Å². The molecule has 0 saturated carbocycles. The maximum Gasteiger partial charge on any atom is 0.193 e. The molecule has 2 aromatic carbocycles. The van der Waals surface area contributed by atoms with Gasteiger partial charge in [-0.05, 0) is 49.1 Å². The Morgan fingerprint density at radius 1 is 1.05 bits per heavy atom. The van der Waals surface area contributed by atoms with E-state index in [2.05, 4.69) is 0 Å². The minimum atomic E-state index is -0.533. The lowest BCUT2D eigenvalue weighted by Gasteiger charge is -2.10. The van der Waals surface area contributed by atoms with Crippen molar-refractivity contribution in [1.29, 1.82) is 0 Å².